The first kappa shape index (κ1) is 17.4. The van der Waals surface area contributed by atoms with Crippen LogP contribution in [0.2, 0.25) is 0 Å². The highest BCUT2D eigenvalue weighted by Crippen LogP contribution is 2.15. The number of hydrogen-bond acceptors (Lipinski definition) is 5. The number of likely N-dealkylation sites (tertiary alicyclic amines) is 1. The third-order valence-electron chi connectivity index (χ3n) is 3.44. The Morgan fingerprint density at radius 2 is 1.70 bits per heavy atom. The zero-order valence-corrected chi connectivity index (χ0v) is 12.7. The summed E-state index contributed by atoms with van der Waals surface area (Å²) in [7, 11) is 3.74. The van der Waals surface area contributed by atoms with Gasteiger partial charge in [0.25, 0.3) is 0 Å². The number of methoxy groups -OCH3 is 1. The van der Waals surface area contributed by atoms with Crippen LogP contribution in [0.5, 0.6) is 0 Å². The Bertz CT molecular complexity index is 256. The molecule has 1 aliphatic rings. The molecule has 0 spiro atoms. The molecule has 6 heteroatoms. The number of amides is 1. The van der Waals surface area contributed by atoms with Crippen LogP contribution in [0.15, 0.2) is 0 Å². The third kappa shape index (κ3) is 7.79. The molecule has 0 radical (unpaired) electrons. The summed E-state index contributed by atoms with van der Waals surface area (Å²) in [5, 5.41) is 2.94. The second-order valence-corrected chi connectivity index (χ2v) is 5.09. The minimum absolute atomic E-state index is 0.165. The molecule has 0 saturated carbocycles. The monoisotopic (exact) mass is 288 g/mol. The molecule has 1 heterocycles. The molecule has 118 valence electrons. The summed E-state index contributed by atoms with van der Waals surface area (Å²) in [4.78, 5) is 14.1. The molecule has 0 aromatic heterocycles. The maximum atomic E-state index is 11.9. The summed E-state index contributed by atoms with van der Waals surface area (Å²) in [6, 6.07) is 0. The molecule has 1 rings (SSSR count). The van der Waals surface area contributed by atoms with E-state index in [1.165, 1.54) is 0 Å². The molecule has 1 aliphatic heterocycles. The van der Waals surface area contributed by atoms with E-state index in [0.29, 0.717) is 39.6 Å². The van der Waals surface area contributed by atoms with E-state index in [0.717, 1.165) is 25.9 Å². The van der Waals surface area contributed by atoms with E-state index in [2.05, 4.69) is 17.3 Å². The van der Waals surface area contributed by atoms with Crippen molar-refractivity contribution in [2.45, 2.75) is 12.8 Å². The summed E-state index contributed by atoms with van der Waals surface area (Å²) >= 11 is 0. The lowest BCUT2D eigenvalue weighted by atomic mass is 9.96. The van der Waals surface area contributed by atoms with E-state index in [4.69, 9.17) is 14.2 Å². The molecule has 0 aliphatic carbocycles. The van der Waals surface area contributed by atoms with Gasteiger partial charge in [0, 0.05) is 19.6 Å². The quantitative estimate of drug-likeness (QED) is 0.579. The van der Waals surface area contributed by atoms with Crippen molar-refractivity contribution in [1.29, 1.82) is 0 Å². The molecule has 0 atom stereocenters. The van der Waals surface area contributed by atoms with Crippen molar-refractivity contribution in [2.24, 2.45) is 5.92 Å². The van der Waals surface area contributed by atoms with Gasteiger partial charge in [0.15, 0.2) is 0 Å². The van der Waals surface area contributed by atoms with Gasteiger partial charge in [0.05, 0.1) is 33.0 Å². The van der Waals surface area contributed by atoms with Crippen LogP contribution >= 0.6 is 0 Å². The Labute approximate surface area is 121 Å². The summed E-state index contributed by atoms with van der Waals surface area (Å²) in [6.07, 6.45) is 1.91. The molecule has 20 heavy (non-hydrogen) atoms. The SMILES string of the molecule is COCCOCCOCCNC(=O)C1CCN(C)CC1. The Kier molecular flexibility index (Phi) is 9.57. The summed E-state index contributed by atoms with van der Waals surface area (Å²) in [5.41, 5.74) is 0. The Morgan fingerprint density at radius 1 is 1.10 bits per heavy atom. The first-order valence-corrected chi connectivity index (χ1v) is 7.34. The number of carbonyl (C=O) groups excluding carboxylic acids is 1. The Morgan fingerprint density at radius 3 is 2.35 bits per heavy atom. The fraction of sp³-hybridized carbons (Fsp3) is 0.929. The maximum Gasteiger partial charge on any atom is 0.223 e. The van der Waals surface area contributed by atoms with Crippen molar-refractivity contribution in [3.8, 4) is 0 Å². The highest BCUT2D eigenvalue weighted by molar-refractivity contribution is 5.78. The minimum atomic E-state index is 0.165. The van der Waals surface area contributed by atoms with Crippen LogP contribution < -0.4 is 5.32 Å². The highest BCUT2D eigenvalue weighted by Gasteiger charge is 2.22. The number of nitrogens with one attached hydrogen (secondary N) is 1. The fourth-order valence-electron chi connectivity index (χ4n) is 2.13. The van der Waals surface area contributed by atoms with Crippen LogP contribution in [0.25, 0.3) is 0 Å². The lowest BCUT2D eigenvalue weighted by molar-refractivity contribution is -0.126. The van der Waals surface area contributed by atoms with Gasteiger partial charge in [-0.2, -0.15) is 0 Å². The minimum Gasteiger partial charge on any atom is -0.382 e. The van der Waals surface area contributed by atoms with Crippen molar-refractivity contribution in [3.63, 3.8) is 0 Å². The van der Waals surface area contributed by atoms with E-state index in [1.807, 2.05) is 0 Å². The molecule has 0 unspecified atom stereocenters. The lowest BCUT2D eigenvalue weighted by Gasteiger charge is -2.28. The molecule has 0 aromatic carbocycles. The van der Waals surface area contributed by atoms with Gasteiger partial charge in [-0.05, 0) is 33.0 Å². The van der Waals surface area contributed by atoms with Gasteiger partial charge in [-0.15, -0.1) is 0 Å². The van der Waals surface area contributed by atoms with E-state index < -0.39 is 0 Å². The number of carbonyl (C=O) groups is 1. The predicted molar refractivity (Wildman–Crippen MR) is 76.7 cm³/mol. The first-order chi connectivity index (χ1) is 9.74. The third-order valence-corrected chi connectivity index (χ3v) is 3.44. The van der Waals surface area contributed by atoms with Crippen molar-refractivity contribution < 1.29 is 19.0 Å². The standard InChI is InChI=1S/C14H28N2O4/c1-16-6-3-13(4-7-16)14(17)15-5-8-19-11-12-20-10-9-18-2/h13H,3-12H2,1-2H3,(H,15,17). The van der Waals surface area contributed by atoms with Gasteiger partial charge in [0.1, 0.15) is 0 Å². The predicted octanol–water partition coefficient (Wildman–Crippen LogP) is 0.124. The Hall–Kier alpha value is -0.690. The van der Waals surface area contributed by atoms with Crippen LogP contribution in [-0.2, 0) is 19.0 Å². The van der Waals surface area contributed by atoms with Crippen LogP contribution in [0.4, 0.5) is 0 Å². The molecular formula is C14H28N2O4. The van der Waals surface area contributed by atoms with E-state index in [1.54, 1.807) is 7.11 Å². The number of ether oxygens (including phenoxy) is 3. The molecule has 1 amide bonds. The second kappa shape index (κ2) is 11.0. The topological polar surface area (TPSA) is 60.0 Å². The molecule has 0 bridgehead atoms. The molecule has 1 saturated heterocycles. The number of rotatable bonds is 10. The lowest BCUT2D eigenvalue weighted by Crippen LogP contribution is -2.40. The Balaban J connectivity index is 1.89. The summed E-state index contributed by atoms with van der Waals surface area (Å²) in [6.45, 7) is 5.43. The van der Waals surface area contributed by atoms with Gasteiger partial charge in [-0.1, -0.05) is 0 Å². The smallest absolute Gasteiger partial charge is 0.223 e. The van der Waals surface area contributed by atoms with Crippen LogP contribution in [-0.4, -0.2) is 77.6 Å². The van der Waals surface area contributed by atoms with Crippen LogP contribution in [0.1, 0.15) is 12.8 Å². The van der Waals surface area contributed by atoms with Crippen molar-refractivity contribution >= 4 is 5.91 Å². The number of hydrogen-bond donors (Lipinski definition) is 1. The first-order valence-electron chi connectivity index (χ1n) is 7.34. The van der Waals surface area contributed by atoms with Gasteiger partial charge in [-0.25, -0.2) is 0 Å². The maximum absolute atomic E-state index is 11.9. The summed E-state index contributed by atoms with van der Waals surface area (Å²) in [5.74, 6) is 0.335. The molecule has 1 fully saturated rings. The van der Waals surface area contributed by atoms with E-state index in [-0.39, 0.29) is 11.8 Å². The number of nitrogens with zero attached hydrogens (tertiary/aromatic N) is 1. The van der Waals surface area contributed by atoms with Crippen LogP contribution in [0.3, 0.4) is 0 Å². The van der Waals surface area contributed by atoms with Crippen molar-refractivity contribution in [3.05, 3.63) is 0 Å². The average Bonchev–Trinajstić information content (AvgIpc) is 2.46. The van der Waals surface area contributed by atoms with Crippen molar-refractivity contribution in [1.82, 2.24) is 10.2 Å². The van der Waals surface area contributed by atoms with E-state index in [9.17, 15) is 4.79 Å². The average molecular weight is 288 g/mol. The van der Waals surface area contributed by atoms with Gasteiger partial charge >= 0.3 is 0 Å². The molecular weight excluding hydrogens is 260 g/mol. The van der Waals surface area contributed by atoms with Gasteiger partial charge in [0.2, 0.25) is 5.91 Å². The number of piperidine rings is 1. The largest absolute Gasteiger partial charge is 0.382 e. The second-order valence-electron chi connectivity index (χ2n) is 5.09. The summed E-state index contributed by atoms with van der Waals surface area (Å²) < 4.78 is 15.5. The van der Waals surface area contributed by atoms with Crippen molar-refractivity contribution in [2.75, 3.05) is 66.8 Å². The normalized spacial score (nSPS) is 17.3. The zero-order chi connectivity index (χ0) is 14.6. The molecule has 6 nitrogen and oxygen atoms in total. The molecule has 0 aromatic rings. The van der Waals surface area contributed by atoms with Crippen LogP contribution in [0, 0.1) is 5.92 Å². The van der Waals surface area contributed by atoms with Gasteiger partial charge in [-0.3, -0.25) is 4.79 Å². The van der Waals surface area contributed by atoms with Gasteiger partial charge < -0.3 is 24.4 Å². The zero-order valence-electron chi connectivity index (χ0n) is 12.7. The van der Waals surface area contributed by atoms with E-state index >= 15 is 0 Å². The highest BCUT2D eigenvalue weighted by atomic mass is 16.5. The molecule has 1 N–H and O–H groups in total. The fourth-order valence-corrected chi connectivity index (χ4v) is 2.13.